The van der Waals surface area contributed by atoms with Gasteiger partial charge in [0, 0.05) is 11.1 Å². The molecule has 0 aliphatic carbocycles. The first kappa shape index (κ1) is 15.2. The molecule has 0 bridgehead atoms. The summed E-state index contributed by atoms with van der Waals surface area (Å²) in [5, 5.41) is 4.82. The third kappa shape index (κ3) is 3.28. The lowest BCUT2D eigenvalue weighted by Crippen LogP contribution is -2.10. The van der Waals surface area contributed by atoms with E-state index in [1.807, 2.05) is 12.1 Å². The number of rotatable bonds is 3. The van der Waals surface area contributed by atoms with Crippen LogP contribution in [0.15, 0.2) is 30.3 Å². The van der Waals surface area contributed by atoms with Crippen LogP contribution in [0.4, 0.5) is 5.69 Å². The first-order valence-corrected chi connectivity index (χ1v) is 7.43. The summed E-state index contributed by atoms with van der Waals surface area (Å²) in [5.41, 5.74) is 6.05. The highest BCUT2D eigenvalue weighted by Crippen LogP contribution is 2.31. The van der Waals surface area contributed by atoms with Gasteiger partial charge in [-0.2, -0.15) is 0 Å². The highest BCUT2D eigenvalue weighted by molar-refractivity contribution is 6.35. The average molecular weight is 308 g/mol. The quantitative estimate of drug-likeness (QED) is 0.723. The molecular formula is C17H19Cl2N. The zero-order valence-electron chi connectivity index (χ0n) is 12.2. The lowest BCUT2D eigenvalue weighted by atomic mass is 9.95. The second kappa shape index (κ2) is 6.07. The van der Waals surface area contributed by atoms with Gasteiger partial charge in [0.1, 0.15) is 0 Å². The first-order valence-electron chi connectivity index (χ1n) is 6.68. The molecule has 0 spiro atoms. The largest absolute Gasteiger partial charge is 0.377 e. The Hall–Kier alpha value is -1.18. The summed E-state index contributed by atoms with van der Waals surface area (Å²) in [4.78, 5) is 0. The van der Waals surface area contributed by atoms with Gasteiger partial charge in [0.15, 0.2) is 0 Å². The van der Waals surface area contributed by atoms with Crippen molar-refractivity contribution in [2.24, 2.45) is 0 Å². The van der Waals surface area contributed by atoms with Crippen LogP contribution >= 0.6 is 23.2 Å². The van der Waals surface area contributed by atoms with Crippen LogP contribution in [0.1, 0.15) is 35.2 Å². The number of hydrogen-bond acceptors (Lipinski definition) is 1. The molecule has 0 saturated carbocycles. The minimum atomic E-state index is 0.173. The molecule has 1 atom stereocenters. The van der Waals surface area contributed by atoms with E-state index in [4.69, 9.17) is 23.2 Å². The second-order valence-corrected chi connectivity index (χ2v) is 6.15. The van der Waals surface area contributed by atoms with E-state index >= 15 is 0 Å². The molecule has 0 heterocycles. The second-order valence-electron chi connectivity index (χ2n) is 5.30. The normalized spacial score (nSPS) is 12.3. The van der Waals surface area contributed by atoms with Crippen molar-refractivity contribution in [1.82, 2.24) is 0 Å². The molecule has 0 radical (unpaired) electrons. The van der Waals surface area contributed by atoms with E-state index in [0.29, 0.717) is 10.0 Å². The molecule has 1 unspecified atom stereocenters. The monoisotopic (exact) mass is 307 g/mol. The fraction of sp³-hybridized carbons (Fsp3) is 0.294. The molecule has 0 fully saturated rings. The SMILES string of the molecule is Cc1cc(C)c(C(C)Nc2cc(Cl)ccc2Cl)c(C)c1. The fourth-order valence-corrected chi connectivity index (χ4v) is 3.13. The third-order valence-corrected chi connectivity index (χ3v) is 4.04. The van der Waals surface area contributed by atoms with Gasteiger partial charge in [0.2, 0.25) is 0 Å². The van der Waals surface area contributed by atoms with Gasteiger partial charge < -0.3 is 5.32 Å². The molecule has 0 saturated heterocycles. The molecule has 1 nitrogen and oxygen atoms in total. The first-order chi connectivity index (χ1) is 9.38. The molecule has 0 aromatic heterocycles. The maximum atomic E-state index is 6.21. The number of nitrogens with one attached hydrogen (secondary N) is 1. The van der Waals surface area contributed by atoms with Crippen LogP contribution < -0.4 is 5.32 Å². The minimum absolute atomic E-state index is 0.173. The maximum absolute atomic E-state index is 6.21. The minimum Gasteiger partial charge on any atom is -0.377 e. The van der Waals surface area contributed by atoms with Crippen LogP contribution in [0, 0.1) is 20.8 Å². The average Bonchev–Trinajstić information content (AvgIpc) is 2.32. The van der Waals surface area contributed by atoms with E-state index in [1.54, 1.807) is 6.07 Å². The lowest BCUT2D eigenvalue weighted by molar-refractivity contribution is 0.862. The fourth-order valence-electron chi connectivity index (χ4n) is 2.79. The summed E-state index contributed by atoms with van der Waals surface area (Å²) >= 11 is 12.2. The van der Waals surface area contributed by atoms with Crippen LogP contribution in [0.3, 0.4) is 0 Å². The Morgan fingerprint density at radius 1 is 0.950 bits per heavy atom. The highest BCUT2D eigenvalue weighted by Gasteiger charge is 2.13. The number of benzene rings is 2. The summed E-state index contributed by atoms with van der Waals surface area (Å²) in [6.45, 7) is 8.55. The van der Waals surface area contributed by atoms with Crippen LogP contribution in [-0.2, 0) is 0 Å². The van der Waals surface area contributed by atoms with Crippen molar-refractivity contribution >= 4 is 28.9 Å². The van der Waals surface area contributed by atoms with Crippen molar-refractivity contribution in [3.63, 3.8) is 0 Å². The van der Waals surface area contributed by atoms with Gasteiger partial charge in [0.25, 0.3) is 0 Å². The van der Waals surface area contributed by atoms with Crippen molar-refractivity contribution in [1.29, 1.82) is 0 Å². The molecule has 20 heavy (non-hydrogen) atoms. The molecule has 2 aromatic carbocycles. The van der Waals surface area contributed by atoms with Crippen molar-refractivity contribution in [3.8, 4) is 0 Å². The standard InChI is InChI=1S/C17H19Cl2N/c1-10-7-11(2)17(12(3)8-10)13(4)20-16-9-14(18)5-6-15(16)19/h5-9,13,20H,1-4H3. The van der Waals surface area contributed by atoms with Crippen LogP contribution in [-0.4, -0.2) is 0 Å². The zero-order valence-corrected chi connectivity index (χ0v) is 13.7. The Bertz CT molecular complexity index is 612. The van der Waals surface area contributed by atoms with E-state index in [9.17, 15) is 0 Å². The van der Waals surface area contributed by atoms with Gasteiger partial charge in [-0.1, -0.05) is 40.9 Å². The van der Waals surface area contributed by atoms with Gasteiger partial charge in [0.05, 0.1) is 10.7 Å². The molecule has 0 aliphatic rings. The zero-order chi connectivity index (χ0) is 14.9. The van der Waals surface area contributed by atoms with Crippen molar-refractivity contribution in [3.05, 3.63) is 62.6 Å². The van der Waals surface area contributed by atoms with Gasteiger partial charge in [-0.05, 0) is 62.6 Å². The third-order valence-electron chi connectivity index (χ3n) is 3.47. The number of aryl methyl sites for hydroxylation is 3. The smallest absolute Gasteiger partial charge is 0.0638 e. The van der Waals surface area contributed by atoms with E-state index in [2.05, 4.69) is 45.1 Å². The Morgan fingerprint density at radius 2 is 1.55 bits per heavy atom. The summed E-state index contributed by atoms with van der Waals surface area (Å²) in [7, 11) is 0. The molecule has 2 rings (SSSR count). The lowest BCUT2D eigenvalue weighted by Gasteiger charge is -2.21. The van der Waals surface area contributed by atoms with E-state index in [1.165, 1.54) is 22.3 Å². The Labute approximate surface area is 130 Å². The van der Waals surface area contributed by atoms with Gasteiger partial charge in [-0.25, -0.2) is 0 Å². The van der Waals surface area contributed by atoms with Crippen LogP contribution in [0.2, 0.25) is 10.0 Å². The summed E-state index contributed by atoms with van der Waals surface area (Å²) in [5.74, 6) is 0. The summed E-state index contributed by atoms with van der Waals surface area (Å²) < 4.78 is 0. The molecule has 3 heteroatoms. The number of hydrogen-bond donors (Lipinski definition) is 1. The van der Waals surface area contributed by atoms with E-state index in [-0.39, 0.29) is 6.04 Å². The Kier molecular flexibility index (Phi) is 4.62. The maximum Gasteiger partial charge on any atom is 0.0638 e. The summed E-state index contributed by atoms with van der Waals surface area (Å²) in [6.07, 6.45) is 0. The van der Waals surface area contributed by atoms with Crippen LogP contribution in [0.5, 0.6) is 0 Å². The van der Waals surface area contributed by atoms with Crippen molar-refractivity contribution in [2.45, 2.75) is 33.7 Å². The molecule has 0 amide bonds. The Balaban J connectivity index is 2.33. The van der Waals surface area contributed by atoms with E-state index in [0.717, 1.165) is 5.69 Å². The molecule has 2 aromatic rings. The number of halogens is 2. The molecule has 1 N–H and O–H groups in total. The molecular weight excluding hydrogens is 289 g/mol. The van der Waals surface area contributed by atoms with Gasteiger partial charge in [-0.3, -0.25) is 0 Å². The van der Waals surface area contributed by atoms with E-state index < -0.39 is 0 Å². The van der Waals surface area contributed by atoms with Crippen molar-refractivity contribution < 1.29 is 0 Å². The molecule has 106 valence electrons. The topological polar surface area (TPSA) is 12.0 Å². The van der Waals surface area contributed by atoms with Gasteiger partial charge >= 0.3 is 0 Å². The Morgan fingerprint density at radius 3 is 2.15 bits per heavy atom. The van der Waals surface area contributed by atoms with Crippen molar-refractivity contribution in [2.75, 3.05) is 5.32 Å². The predicted molar refractivity (Wildman–Crippen MR) is 89.2 cm³/mol. The predicted octanol–water partition coefficient (Wildman–Crippen LogP) is 6.09. The van der Waals surface area contributed by atoms with Gasteiger partial charge in [-0.15, -0.1) is 0 Å². The van der Waals surface area contributed by atoms with Crippen LogP contribution in [0.25, 0.3) is 0 Å². The highest BCUT2D eigenvalue weighted by atomic mass is 35.5. The molecule has 0 aliphatic heterocycles. The summed E-state index contributed by atoms with van der Waals surface area (Å²) in [6, 6.07) is 10.1. The number of anilines is 1.